The first kappa shape index (κ1) is 29.2. The summed E-state index contributed by atoms with van der Waals surface area (Å²) < 4.78 is 26.0. The number of amides is 2. The lowest BCUT2D eigenvalue weighted by Gasteiger charge is -2.30. The van der Waals surface area contributed by atoms with Crippen molar-refractivity contribution in [1.82, 2.24) is 4.90 Å². The van der Waals surface area contributed by atoms with E-state index in [1.807, 2.05) is 37.3 Å². The highest BCUT2D eigenvalue weighted by Crippen LogP contribution is 2.26. The molecule has 1 saturated carbocycles. The third-order valence-corrected chi connectivity index (χ3v) is 7.16. The Kier molecular flexibility index (Phi) is 10.3. The number of aryl methyl sites for hydroxylation is 2. The van der Waals surface area contributed by atoms with Gasteiger partial charge in [-0.1, -0.05) is 54.1 Å². The summed E-state index contributed by atoms with van der Waals surface area (Å²) in [5.41, 5.74) is 4.19. The van der Waals surface area contributed by atoms with Crippen molar-refractivity contribution in [2.45, 2.75) is 64.9 Å². The molecule has 4 rings (SSSR count). The lowest BCUT2D eigenvalue weighted by molar-refractivity contribution is -0.0524. The zero-order valence-electron chi connectivity index (χ0n) is 23.1. The van der Waals surface area contributed by atoms with Crippen LogP contribution in [-0.4, -0.2) is 47.4 Å². The number of carboxylic acid groups (broad SMARTS) is 1. The summed E-state index contributed by atoms with van der Waals surface area (Å²) in [6.45, 7) is 5.14. The van der Waals surface area contributed by atoms with Crippen molar-refractivity contribution in [2.75, 3.05) is 18.5 Å². The van der Waals surface area contributed by atoms with Crippen molar-refractivity contribution in [3.8, 4) is 0 Å². The van der Waals surface area contributed by atoms with Crippen LogP contribution in [0.5, 0.6) is 0 Å². The predicted molar refractivity (Wildman–Crippen MR) is 152 cm³/mol. The van der Waals surface area contributed by atoms with Gasteiger partial charge in [0, 0.05) is 18.8 Å². The maximum absolute atomic E-state index is 13.7. The Morgan fingerprint density at radius 1 is 1.00 bits per heavy atom. The van der Waals surface area contributed by atoms with Crippen molar-refractivity contribution in [1.29, 1.82) is 0 Å². The highest BCUT2D eigenvalue weighted by molar-refractivity contribution is 5.91. The predicted octanol–water partition coefficient (Wildman–Crippen LogP) is 6.72. The minimum absolute atomic E-state index is 0.0118. The minimum atomic E-state index is -0.946. The average Bonchev–Trinajstić information content (AvgIpc) is 2.91. The number of halogens is 1. The van der Waals surface area contributed by atoms with Gasteiger partial charge in [0.05, 0.1) is 31.0 Å². The van der Waals surface area contributed by atoms with Gasteiger partial charge >= 0.3 is 12.0 Å². The van der Waals surface area contributed by atoms with E-state index in [0.29, 0.717) is 42.9 Å². The van der Waals surface area contributed by atoms with Gasteiger partial charge in [-0.15, -0.1) is 0 Å². The number of hydrogen-bond donors (Lipinski definition) is 2. The zero-order chi connectivity index (χ0) is 28.5. The molecule has 0 radical (unpaired) electrons. The molecule has 0 unspecified atom stereocenters. The molecule has 2 atom stereocenters. The lowest BCUT2D eigenvalue weighted by Crippen LogP contribution is -2.38. The van der Waals surface area contributed by atoms with Gasteiger partial charge in [0.1, 0.15) is 5.82 Å². The van der Waals surface area contributed by atoms with E-state index in [-0.39, 0.29) is 24.8 Å². The van der Waals surface area contributed by atoms with Crippen molar-refractivity contribution >= 4 is 17.7 Å². The molecule has 0 aromatic heterocycles. The van der Waals surface area contributed by atoms with E-state index < -0.39 is 11.8 Å². The summed E-state index contributed by atoms with van der Waals surface area (Å²) in [4.78, 5) is 26.5. The van der Waals surface area contributed by atoms with Gasteiger partial charge in [-0.05, 0) is 74.4 Å². The van der Waals surface area contributed by atoms with Gasteiger partial charge in [0.25, 0.3) is 0 Å². The molecule has 2 amide bonds. The van der Waals surface area contributed by atoms with Crippen LogP contribution < -0.4 is 5.32 Å². The van der Waals surface area contributed by atoms with Gasteiger partial charge in [-0.3, -0.25) is 0 Å². The summed E-state index contributed by atoms with van der Waals surface area (Å²) in [7, 11) is 0. The number of carbonyl (C=O) groups is 2. The second kappa shape index (κ2) is 14.1. The molecule has 40 heavy (non-hydrogen) atoms. The number of carbonyl (C=O) groups excluding carboxylic acids is 1. The molecule has 0 bridgehead atoms. The molecule has 0 heterocycles. The van der Waals surface area contributed by atoms with E-state index >= 15 is 0 Å². The Balaban J connectivity index is 1.32. The highest BCUT2D eigenvalue weighted by Gasteiger charge is 2.25. The number of carboxylic acids is 1. The monoisotopic (exact) mass is 548 g/mol. The maximum Gasteiger partial charge on any atom is 0.336 e. The quantitative estimate of drug-likeness (QED) is 0.278. The molecule has 0 saturated heterocycles. The molecule has 3 aromatic rings. The van der Waals surface area contributed by atoms with Crippen LogP contribution in [0.25, 0.3) is 0 Å². The van der Waals surface area contributed by atoms with Crippen molar-refractivity contribution in [3.63, 3.8) is 0 Å². The third-order valence-electron chi connectivity index (χ3n) is 7.16. The number of aromatic carboxylic acids is 1. The van der Waals surface area contributed by atoms with Crippen molar-refractivity contribution in [2.24, 2.45) is 0 Å². The fraction of sp³-hybridized carbons (Fsp3) is 0.375. The molecule has 1 aliphatic carbocycles. The van der Waals surface area contributed by atoms with E-state index in [9.17, 15) is 19.1 Å². The van der Waals surface area contributed by atoms with E-state index in [1.54, 1.807) is 36.1 Å². The SMILES string of the molecule is Cc1cccc(CN(CCO[C@H]2CCC[C@@H](OCc3cccc(C)c3C(=O)O)C2)C(=O)Nc2cccc(F)c2)c1. The van der Waals surface area contributed by atoms with Gasteiger partial charge in [0.15, 0.2) is 0 Å². The first-order valence-corrected chi connectivity index (χ1v) is 13.7. The van der Waals surface area contributed by atoms with Crippen LogP contribution in [0.1, 0.15) is 58.3 Å². The Morgan fingerprint density at radius 3 is 2.50 bits per heavy atom. The molecule has 7 nitrogen and oxygen atoms in total. The minimum Gasteiger partial charge on any atom is -0.478 e. The molecule has 1 fully saturated rings. The summed E-state index contributed by atoms with van der Waals surface area (Å²) in [6.07, 6.45) is 3.41. The largest absolute Gasteiger partial charge is 0.478 e. The van der Waals surface area contributed by atoms with Crippen molar-refractivity contribution < 1.29 is 28.6 Å². The molecule has 8 heteroatoms. The van der Waals surface area contributed by atoms with Gasteiger partial charge in [0.2, 0.25) is 0 Å². The standard InChI is InChI=1S/C32H37FN2O5/c1-22-7-3-9-24(17-22)20-35(32(38)34-27-12-5-11-26(33)18-27)15-16-39-28-13-6-14-29(19-28)40-21-25-10-4-8-23(2)30(25)31(36)37/h3-5,7-12,17-18,28-29H,6,13-16,19-21H2,1-2H3,(H,34,38)(H,36,37)/t28-,29+/m0/s1. The highest BCUT2D eigenvalue weighted by atomic mass is 19.1. The van der Waals surface area contributed by atoms with Crippen LogP contribution in [-0.2, 0) is 22.6 Å². The summed E-state index contributed by atoms with van der Waals surface area (Å²) in [5, 5.41) is 12.4. The molecule has 212 valence electrons. The van der Waals surface area contributed by atoms with Gasteiger partial charge in [-0.25, -0.2) is 14.0 Å². The number of ether oxygens (including phenoxy) is 2. The number of urea groups is 1. The van der Waals surface area contributed by atoms with Crippen LogP contribution >= 0.6 is 0 Å². The number of rotatable bonds is 11. The number of nitrogens with zero attached hydrogens (tertiary/aromatic N) is 1. The second-order valence-corrected chi connectivity index (χ2v) is 10.4. The second-order valence-electron chi connectivity index (χ2n) is 10.4. The van der Waals surface area contributed by atoms with E-state index in [1.165, 1.54) is 12.1 Å². The fourth-order valence-electron chi connectivity index (χ4n) is 5.15. The molecule has 0 aliphatic heterocycles. The summed E-state index contributed by atoms with van der Waals surface area (Å²) in [6, 6.07) is 18.9. The molecule has 2 N–H and O–H groups in total. The Hall–Kier alpha value is -3.75. The Labute approximate surface area is 234 Å². The van der Waals surface area contributed by atoms with Gasteiger partial charge < -0.3 is 24.8 Å². The van der Waals surface area contributed by atoms with E-state index in [2.05, 4.69) is 5.32 Å². The molecule has 3 aromatic carbocycles. The maximum atomic E-state index is 13.7. The summed E-state index contributed by atoms with van der Waals surface area (Å²) in [5.74, 6) is -1.36. The van der Waals surface area contributed by atoms with Crippen LogP contribution in [0, 0.1) is 19.7 Å². The number of nitrogens with one attached hydrogen (secondary N) is 1. The number of anilines is 1. The Morgan fingerprint density at radius 2 is 1.75 bits per heavy atom. The molecular weight excluding hydrogens is 511 g/mol. The topological polar surface area (TPSA) is 88.1 Å². The summed E-state index contributed by atoms with van der Waals surface area (Å²) >= 11 is 0. The van der Waals surface area contributed by atoms with Gasteiger partial charge in [-0.2, -0.15) is 0 Å². The van der Waals surface area contributed by atoms with Crippen molar-refractivity contribution in [3.05, 3.63) is 100 Å². The Bertz CT molecular complexity index is 1310. The molecular formula is C32H37FN2O5. The molecule has 1 aliphatic rings. The number of hydrogen-bond acceptors (Lipinski definition) is 4. The number of benzene rings is 3. The van der Waals surface area contributed by atoms with E-state index in [0.717, 1.165) is 36.0 Å². The smallest absolute Gasteiger partial charge is 0.336 e. The average molecular weight is 549 g/mol. The van der Waals surface area contributed by atoms with Crippen LogP contribution in [0.15, 0.2) is 66.7 Å². The first-order valence-electron chi connectivity index (χ1n) is 13.7. The fourth-order valence-corrected chi connectivity index (χ4v) is 5.15. The first-order chi connectivity index (χ1) is 19.3. The lowest BCUT2D eigenvalue weighted by atomic mass is 9.94. The zero-order valence-corrected chi connectivity index (χ0v) is 23.1. The third kappa shape index (κ3) is 8.37. The van der Waals surface area contributed by atoms with Crippen LogP contribution in [0.3, 0.4) is 0 Å². The van der Waals surface area contributed by atoms with E-state index in [4.69, 9.17) is 9.47 Å². The molecule has 0 spiro atoms. The normalized spacial score (nSPS) is 16.9. The van der Waals surface area contributed by atoms with Crippen LogP contribution in [0.4, 0.5) is 14.9 Å². The van der Waals surface area contributed by atoms with Crippen LogP contribution in [0.2, 0.25) is 0 Å².